The molecule has 3 rings (SSSR count). The molecule has 4 nitrogen and oxygen atoms in total. The average Bonchev–Trinajstić information content (AvgIpc) is 3.13. The number of piperidine rings is 1. The highest BCUT2D eigenvalue weighted by molar-refractivity contribution is 7.12. The normalized spacial score (nSPS) is 25.8. The Morgan fingerprint density at radius 3 is 3.10 bits per heavy atom. The van der Waals surface area contributed by atoms with Crippen molar-refractivity contribution in [3.05, 3.63) is 21.9 Å². The highest BCUT2D eigenvalue weighted by atomic mass is 32.1. The third kappa shape index (κ3) is 3.84. The number of thiophene rings is 1. The van der Waals surface area contributed by atoms with Crippen LogP contribution >= 0.6 is 11.3 Å². The topological polar surface area (TPSA) is 41.6 Å². The molecule has 0 bridgehead atoms. The minimum atomic E-state index is -0.162. The van der Waals surface area contributed by atoms with Gasteiger partial charge in [-0.05, 0) is 50.9 Å². The van der Waals surface area contributed by atoms with Crippen molar-refractivity contribution in [2.75, 3.05) is 20.2 Å². The summed E-state index contributed by atoms with van der Waals surface area (Å²) in [5.41, 5.74) is 0. The van der Waals surface area contributed by atoms with Crippen molar-refractivity contribution in [1.29, 1.82) is 0 Å². The summed E-state index contributed by atoms with van der Waals surface area (Å²) < 4.78 is 4.71. The van der Waals surface area contributed by atoms with Crippen LogP contribution in [0, 0.1) is 0 Å². The van der Waals surface area contributed by atoms with E-state index >= 15 is 0 Å². The second-order valence-electron chi connectivity index (χ2n) is 6.06. The van der Waals surface area contributed by atoms with E-state index in [0.29, 0.717) is 12.5 Å². The molecule has 0 spiro atoms. The molecule has 2 saturated heterocycles. The largest absolute Gasteiger partial charge is 0.469 e. The van der Waals surface area contributed by atoms with Gasteiger partial charge in [-0.3, -0.25) is 4.79 Å². The predicted octanol–water partition coefficient (Wildman–Crippen LogP) is 2.18. The van der Waals surface area contributed by atoms with Gasteiger partial charge in [0, 0.05) is 28.4 Å². The lowest BCUT2D eigenvalue weighted by atomic mass is 9.97. The van der Waals surface area contributed by atoms with E-state index in [0.717, 1.165) is 17.5 Å². The maximum atomic E-state index is 11.3. The van der Waals surface area contributed by atoms with Gasteiger partial charge in [0.25, 0.3) is 0 Å². The molecule has 0 amide bonds. The Morgan fingerprint density at radius 2 is 2.24 bits per heavy atom. The molecule has 21 heavy (non-hydrogen) atoms. The lowest BCUT2D eigenvalue weighted by molar-refractivity contribution is -0.139. The summed E-state index contributed by atoms with van der Waals surface area (Å²) in [4.78, 5) is 16.3. The number of fused-ring (bicyclic) bond motifs is 1. The summed E-state index contributed by atoms with van der Waals surface area (Å²) in [6.07, 6.45) is 5.69. The molecular weight excluding hydrogens is 284 g/mol. The molecule has 2 unspecified atom stereocenters. The summed E-state index contributed by atoms with van der Waals surface area (Å²) in [6, 6.07) is 5.63. The van der Waals surface area contributed by atoms with Gasteiger partial charge in [-0.2, -0.15) is 0 Å². The van der Waals surface area contributed by atoms with E-state index in [9.17, 15) is 4.79 Å². The zero-order valence-corrected chi connectivity index (χ0v) is 13.5. The van der Waals surface area contributed by atoms with E-state index in [-0.39, 0.29) is 5.97 Å². The molecule has 1 N–H and O–H groups in total. The molecule has 2 fully saturated rings. The summed E-state index contributed by atoms with van der Waals surface area (Å²) in [5, 5.41) is 3.70. The van der Waals surface area contributed by atoms with Crippen LogP contribution in [-0.2, 0) is 22.5 Å². The average molecular weight is 308 g/mol. The van der Waals surface area contributed by atoms with Gasteiger partial charge in [0.15, 0.2) is 0 Å². The van der Waals surface area contributed by atoms with E-state index in [1.54, 1.807) is 11.3 Å². The standard InChI is InChI=1S/C16H24N2O2S/c1-20-16(19)10-14-4-5-15(21-14)11-17-12-6-8-18-7-2-3-13(18)9-12/h4-5,12-13,17H,2-3,6-11H2,1H3. The molecule has 1 aromatic rings. The summed E-state index contributed by atoms with van der Waals surface area (Å²) in [7, 11) is 1.44. The Bertz CT molecular complexity index is 488. The highest BCUT2D eigenvalue weighted by Gasteiger charge is 2.31. The number of esters is 1. The summed E-state index contributed by atoms with van der Waals surface area (Å²) >= 11 is 1.71. The van der Waals surface area contributed by atoms with Gasteiger partial charge < -0.3 is 15.0 Å². The van der Waals surface area contributed by atoms with Gasteiger partial charge >= 0.3 is 5.97 Å². The monoisotopic (exact) mass is 308 g/mol. The number of carbonyl (C=O) groups excluding carboxylic acids is 1. The van der Waals surface area contributed by atoms with E-state index in [1.165, 1.54) is 50.8 Å². The third-order valence-corrected chi connectivity index (χ3v) is 5.73. The minimum Gasteiger partial charge on any atom is -0.469 e. The first-order valence-electron chi connectivity index (χ1n) is 7.86. The van der Waals surface area contributed by atoms with Crippen molar-refractivity contribution in [1.82, 2.24) is 10.2 Å². The molecule has 0 radical (unpaired) electrons. The maximum Gasteiger partial charge on any atom is 0.310 e. The molecule has 3 heterocycles. The maximum absolute atomic E-state index is 11.3. The van der Waals surface area contributed by atoms with Crippen LogP contribution in [0.15, 0.2) is 12.1 Å². The molecule has 0 saturated carbocycles. The van der Waals surface area contributed by atoms with Crippen LogP contribution in [0.4, 0.5) is 0 Å². The first-order valence-corrected chi connectivity index (χ1v) is 8.68. The fourth-order valence-corrected chi connectivity index (χ4v) is 4.44. The molecule has 2 atom stereocenters. The summed E-state index contributed by atoms with van der Waals surface area (Å²) in [6.45, 7) is 3.47. The molecule has 2 aliphatic heterocycles. The molecule has 0 aliphatic carbocycles. The number of nitrogens with one attached hydrogen (secondary N) is 1. The number of ether oxygens (including phenoxy) is 1. The first kappa shape index (κ1) is 15.0. The van der Waals surface area contributed by atoms with E-state index in [2.05, 4.69) is 16.3 Å². The Labute approximate surface area is 130 Å². The molecule has 1 aromatic heterocycles. The van der Waals surface area contributed by atoms with Gasteiger partial charge in [-0.1, -0.05) is 0 Å². The van der Waals surface area contributed by atoms with Crippen molar-refractivity contribution in [2.24, 2.45) is 0 Å². The third-order valence-electron chi connectivity index (χ3n) is 4.65. The lowest BCUT2D eigenvalue weighted by Gasteiger charge is -2.35. The van der Waals surface area contributed by atoms with Crippen LogP contribution in [0.3, 0.4) is 0 Å². The van der Waals surface area contributed by atoms with E-state index in [4.69, 9.17) is 4.74 Å². The van der Waals surface area contributed by atoms with Crippen molar-refractivity contribution in [2.45, 2.75) is 50.7 Å². The molecule has 5 heteroatoms. The first-order chi connectivity index (χ1) is 10.2. The second kappa shape index (κ2) is 6.90. The number of hydrogen-bond acceptors (Lipinski definition) is 5. The second-order valence-corrected chi connectivity index (χ2v) is 7.31. The SMILES string of the molecule is COC(=O)Cc1ccc(CNC2CCN3CCCC3C2)s1. The zero-order valence-electron chi connectivity index (χ0n) is 12.6. The van der Waals surface area contributed by atoms with Crippen molar-refractivity contribution < 1.29 is 9.53 Å². The van der Waals surface area contributed by atoms with E-state index in [1.807, 2.05) is 6.07 Å². The van der Waals surface area contributed by atoms with Crippen LogP contribution < -0.4 is 5.32 Å². The Balaban J connectivity index is 1.46. The van der Waals surface area contributed by atoms with Gasteiger partial charge in [-0.15, -0.1) is 11.3 Å². The number of rotatable bonds is 5. The lowest BCUT2D eigenvalue weighted by Crippen LogP contribution is -2.45. The van der Waals surface area contributed by atoms with Crippen molar-refractivity contribution >= 4 is 17.3 Å². The van der Waals surface area contributed by atoms with Crippen LogP contribution in [-0.4, -0.2) is 43.2 Å². The molecule has 2 aliphatic rings. The van der Waals surface area contributed by atoms with Crippen LogP contribution in [0.1, 0.15) is 35.4 Å². The predicted molar refractivity (Wildman–Crippen MR) is 84.5 cm³/mol. The smallest absolute Gasteiger partial charge is 0.310 e. The van der Waals surface area contributed by atoms with Crippen LogP contribution in [0.5, 0.6) is 0 Å². The van der Waals surface area contributed by atoms with Crippen LogP contribution in [0.25, 0.3) is 0 Å². The number of hydrogen-bond donors (Lipinski definition) is 1. The van der Waals surface area contributed by atoms with Crippen molar-refractivity contribution in [3.63, 3.8) is 0 Å². The molecule has 116 valence electrons. The van der Waals surface area contributed by atoms with Crippen LogP contribution in [0.2, 0.25) is 0 Å². The zero-order chi connectivity index (χ0) is 14.7. The molecule has 0 aromatic carbocycles. The number of methoxy groups -OCH3 is 1. The number of nitrogens with zero attached hydrogens (tertiary/aromatic N) is 1. The summed E-state index contributed by atoms with van der Waals surface area (Å²) in [5.74, 6) is -0.162. The highest BCUT2D eigenvalue weighted by Crippen LogP contribution is 2.27. The van der Waals surface area contributed by atoms with Gasteiger partial charge in [0.05, 0.1) is 13.5 Å². The molecular formula is C16H24N2O2S. The van der Waals surface area contributed by atoms with Crippen molar-refractivity contribution in [3.8, 4) is 0 Å². The fourth-order valence-electron chi connectivity index (χ4n) is 3.48. The minimum absolute atomic E-state index is 0.162. The van der Waals surface area contributed by atoms with Gasteiger partial charge in [0.2, 0.25) is 0 Å². The quantitative estimate of drug-likeness (QED) is 0.847. The number of carbonyl (C=O) groups is 1. The van der Waals surface area contributed by atoms with Gasteiger partial charge in [0.1, 0.15) is 0 Å². The Hall–Kier alpha value is -0.910. The van der Waals surface area contributed by atoms with Gasteiger partial charge in [-0.25, -0.2) is 0 Å². The Morgan fingerprint density at radius 1 is 1.38 bits per heavy atom. The van der Waals surface area contributed by atoms with E-state index < -0.39 is 0 Å². The fraction of sp³-hybridized carbons (Fsp3) is 0.688. The Kier molecular flexibility index (Phi) is 4.93.